The Kier molecular flexibility index (Phi) is 3.42. The van der Waals surface area contributed by atoms with Gasteiger partial charge in [-0.05, 0) is 37.3 Å². The van der Waals surface area contributed by atoms with Crippen molar-refractivity contribution in [3.8, 4) is 0 Å². The summed E-state index contributed by atoms with van der Waals surface area (Å²) in [6.07, 6.45) is 5.01. The predicted octanol–water partition coefficient (Wildman–Crippen LogP) is 1.64. The van der Waals surface area contributed by atoms with Gasteiger partial charge in [-0.3, -0.25) is 4.79 Å². The number of anilines is 1. The molecule has 1 aromatic rings. The van der Waals surface area contributed by atoms with Crippen LogP contribution in [0.5, 0.6) is 0 Å². The van der Waals surface area contributed by atoms with Crippen molar-refractivity contribution in [1.29, 1.82) is 0 Å². The number of benzene rings is 1. The van der Waals surface area contributed by atoms with E-state index >= 15 is 0 Å². The van der Waals surface area contributed by atoms with Crippen LogP contribution in [0.1, 0.15) is 31.2 Å². The van der Waals surface area contributed by atoms with Crippen LogP contribution in [0.4, 0.5) is 5.69 Å². The molecule has 0 saturated carbocycles. The summed E-state index contributed by atoms with van der Waals surface area (Å²) in [6, 6.07) is 7.93. The Morgan fingerprint density at radius 3 is 2.89 bits per heavy atom. The first-order valence-electron chi connectivity index (χ1n) is 7.00. The molecule has 2 saturated heterocycles. The Morgan fingerprint density at radius 2 is 2.21 bits per heavy atom. The highest BCUT2D eigenvalue weighted by Crippen LogP contribution is 2.34. The number of hydrogen-bond donors (Lipinski definition) is 2. The maximum absolute atomic E-state index is 12.0. The summed E-state index contributed by atoms with van der Waals surface area (Å²) in [4.78, 5) is 12.0. The Morgan fingerprint density at radius 1 is 1.37 bits per heavy atom. The third kappa shape index (κ3) is 2.73. The van der Waals surface area contributed by atoms with Gasteiger partial charge in [0, 0.05) is 12.1 Å². The summed E-state index contributed by atoms with van der Waals surface area (Å²) in [6.45, 7) is 0. The molecule has 2 bridgehead atoms. The number of nitrogen functional groups attached to an aromatic ring is 1. The van der Waals surface area contributed by atoms with Crippen LogP contribution in [0.25, 0.3) is 0 Å². The highest BCUT2D eigenvalue weighted by molar-refractivity contribution is 5.77. The predicted molar refractivity (Wildman–Crippen MR) is 73.6 cm³/mol. The van der Waals surface area contributed by atoms with E-state index in [4.69, 9.17) is 10.5 Å². The molecular formula is C15H20N2O2. The quantitative estimate of drug-likeness (QED) is 0.809. The van der Waals surface area contributed by atoms with Gasteiger partial charge in [0.1, 0.15) is 0 Å². The van der Waals surface area contributed by atoms with Crippen molar-refractivity contribution in [3.63, 3.8) is 0 Å². The van der Waals surface area contributed by atoms with Crippen LogP contribution in [-0.4, -0.2) is 24.2 Å². The van der Waals surface area contributed by atoms with Crippen molar-refractivity contribution in [2.75, 3.05) is 5.73 Å². The summed E-state index contributed by atoms with van der Waals surface area (Å²) in [7, 11) is 0. The fourth-order valence-electron chi connectivity index (χ4n) is 3.08. The van der Waals surface area contributed by atoms with E-state index in [9.17, 15) is 4.79 Å². The van der Waals surface area contributed by atoms with Crippen LogP contribution in [-0.2, 0) is 16.0 Å². The largest absolute Gasteiger partial charge is 0.399 e. The number of nitrogens with two attached hydrogens (primary N) is 1. The zero-order valence-corrected chi connectivity index (χ0v) is 11.0. The number of fused-ring (bicyclic) bond motifs is 2. The third-order valence-corrected chi connectivity index (χ3v) is 4.13. The molecule has 2 fully saturated rings. The van der Waals surface area contributed by atoms with Gasteiger partial charge >= 0.3 is 0 Å². The monoisotopic (exact) mass is 260 g/mol. The first-order valence-corrected chi connectivity index (χ1v) is 7.00. The molecule has 3 N–H and O–H groups in total. The van der Waals surface area contributed by atoms with Gasteiger partial charge in [0.2, 0.25) is 5.91 Å². The molecule has 4 nitrogen and oxygen atoms in total. The molecular weight excluding hydrogens is 240 g/mol. The highest BCUT2D eigenvalue weighted by Gasteiger charge is 2.41. The molecule has 4 heteroatoms. The highest BCUT2D eigenvalue weighted by atomic mass is 16.5. The molecule has 2 aliphatic rings. The minimum absolute atomic E-state index is 0.101. The van der Waals surface area contributed by atoms with Crippen LogP contribution in [0.15, 0.2) is 24.3 Å². The number of hydrogen-bond acceptors (Lipinski definition) is 3. The lowest BCUT2D eigenvalue weighted by Gasteiger charge is -2.20. The average Bonchev–Trinajstić information content (AvgIpc) is 3.00. The maximum Gasteiger partial charge on any atom is 0.220 e. The molecule has 0 aromatic heterocycles. The van der Waals surface area contributed by atoms with E-state index in [1.165, 1.54) is 0 Å². The minimum atomic E-state index is 0.101. The molecule has 1 aromatic carbocycles. The molecule has 2 heterocycles. The van der Waals surface area contributed by atoms with Crippen LogP contribution in [0.2, 0.25) is 0 Å². The van der Waals surface area contributed by atoms with E-state index in [1.54, 1.807) is 0 Å². The van der Waals surface area contributed by atoms with Crippen LogP contribution >= 0.6 is 0 Å². The molecule has 3 atom stereocenters. The SMILES string of the molecule is Nc1ccccc1CCC(=O)NC1CC2CCC1O2. The first kappa shape index (κ1) is 12.5. The molecule has 0 radical (unpaired) electrons. The van der Waals surface area contributed by atoms with Crippen LogP contribution in [0, 0.1) is 0 Å². The fraction of sp³-hybridized carbons (Fsp3) is 0.533. The van der Waals surface area contributed by atoms with Crippen LogP contribution in [0.3, 0.4) is 0 Å². The van der Waals surface area contributed by atoms with Gasteiger partial charge in [-0.25, -0.2) is 0 Å². The molecule has 1 amide bonds. The zero-order chi connectivity index (χ0) is 13.2. The lowest BCUT2D eigenvalue weighted by molar-refractivity contribution is -0.122. The van der Waals surface area contributed by atoms with Gasteiger partial charge in [-0.1, -0.05) is 18.2 Å². The van der Waals surface area contributed by atoms with Gasteiger partial charge in [-0.15, -0.1) is 0 Å². The molecule has 19 heavy (non-hydrogen) atoms. The molecule has 2 aliphatic heterocycles. The molecule has 0 spiro atoms. The minimum Gasteiger partial charge on any atom is -0.399 e. The Hall–Kier alpha value is -1.55. The Balaban J connectivity index is 1.48. The number of carbonyl (C=O) groups is 1. The molecule has 102 valence electrons. The summed E-state index contributed by atoms with van der Waals surface area (Å²) in [5.74, 6) is 0.101. The van der Waals surface area contributed by atoms with E-state index in [1.807, 2.05) is 24.3 Å². The van der Waals surface area contributed by atoms with Crippen molar-refractivity contribution in [2.24, 2.45) is 0 Å². The van der Waals surface area contributed by atoms with Crippen molar-refractivity contribution in [3.05, 3.63) is 29.8 Å². The van der Waals surface area contributed by atoms with Crippen molar-refractivity contribution in [1.82, 2.24) is 5.32 Å². The summed E-state index contributed by atoms with van der Waals surface area (Å²) in [5, 5.41) is 3.10. The fourth-order valence-corrected chi connectivity index (χ4v) is 3.08. The number of rotatable bonds is 4. The lowest BCUT2D eigenvalue weighted by Crippen LogP contribution is -2.41. The summed E-state index contributed by atoms with van der Waals surface area (Å²) in [5.41, 5.74) is 7.67. The number of amides is 1. The molecule has 3 rings (SSSR count). The lowest BCUT2D eigenvalue weighted by atomic mass is 9.95. The van der Waals surface area contributed by atoms with E-state index in [-0.39, 0.29) is 18.1 Å². The number of carbonyl (C=O) groups excluding carboxylic acids is 1. The number of nitrogens with one attached hydrogen (secondary N) is 1. The van der Waals surface area contributed by atoms with E-state index in [0.29, 0.717) is 18.9 Å². The number of ether oxygens (including phenoxy) is 1. The van der Waals surface area contributed by atoms with E-state index in [0.717, 1.165) is 30.5 Å². The van der Waals surface area contributed by atoms with Crippen molar-refractivity contribution in [2.45, 2.75) is 50.4 Å². The standard InChI is InChI=1S/C15H20N2O2/c16-12-4-2-1-3-10(12)5-8-15(18)17-13-9-11-6-7-14(13)19-11/h1-4,11,13-14H,5-9,16H2,(H,17,18). The van der Waals surface area contributed by atoms with Gasteiger partial charge in [-0.2, -0.15) is 0 Å². The maximum atomic E-state index is 12.0. The second kappa shape index (κ2) is 5.21. The third-order valence-electron chi connectivity index (χ3n) is 4.13. The van der Waals surface area contributed by atoms with Gasteiger partial charge in [0.05, 0.1) is 18.2 Å². The van der Waals surface area contributed by atoms with Gasteiger partial charge in [0.25, 0.3) is 0 Å². The van der Waals surface area contributed by atoms with Crippen molar-refractivity contribution >= 4 is 11.6 Å². The van der Waals surface area contributed by atoms with Gasteiger partial charge in [0.15, 0.2) is 0 Å². The number of aryl methyl sites for hydroxylation is 1. The van der Waals surface area contributed by atoms with Crippen molar-refractivity contribution < 1.29 is 9.53 Å². The second-order valence-corrected chi connectivity index (χ2v) is 5.48. The molecule has 3 unspecified atom stereocenters. The Labute approximate surface area is 113 Å². The summed E-state index contributed by atoms with van der Waals surface area (Å²) < 4.78 is 5.73. The normalized spacial score (nSPS) is 28.5. The van der Waals surface area contributed by atoms with E-state index < -0.39 is 0 Å². The smallest absolute Gasteiger partial charge is 0.220 e. The second-order valence-electron chi connectivity index (χ2n) is 5.48. The van der Waals surface area contributed by atoms with Crippen LogP contribution < -0.4 is 11.1 Å². The topological polar surface area (TPSA) is 64.4 Å². The first-order chi connectivity index (χ1) is 9.22. The van der Waals surface area contributed by atoms with E-state index in [2.05, 4.69) is 5.32 Å². The molecule has 0 aliphatic carbocycles. The average molecular weight is 260 g/mol. The summed E-state index contributed by atoms with van der Waals surface area (Å²) >= 11 is 0. The Bertz CT molecular complexity index is 475. The zero-order valence-electron chi connectivity index (χ0n) is 11.0. The van der Waals surface area contributed by atoms with Gasteiger partial charge < -0.3 is 15.8 Å². The number of para-hydroxylation sites is 1.